The van der Waals surface area contributed by atoms with Crippen molar-refractivity contribution < 1.29 is 14.3 Å². The fourth-order valence-corrected chi connectivity index (χ4v) is 0.627. The summed E-state index contributed by atoms with van der Waals surface area (Å²) >= 11 is 3.84. The van der Waals surface area contributed by atoms with Gasteiger partial charge in [0.1, 0.15) is 6.26 Å². The summed E-state index contributed by atoms with van der Waals surface area (Å²) in [7, 11) is 0. The molecule has 1 rings (SSSR count). The summed E-state index contributed by atoms with van der Waals surface area (Å²) in [4.78, 5) is 13.8. The van der Waals surface area contributed by atoms with Gasteiger partial charge in [-0.15, -0.1) is 0 Å². The maximum atomic E-state index is 10.2. The standard InChI is InChI=1S/C5H5NO3S/c7-5(8)3-1-9-4(2-10)6-3/h1,10H,2H2,(H,7,8). The maximum Gasteiger partial charge on any atom is 0.357 e. The highest BCUT2D eigenvalue weighted by atomic mass is 32.1. The van der Waals surface area contributed by atoms with E-state index >= 15 is 0 Å². The largest absolute Gasteiger partial charge is 0.476 e. The number of rotatable bonds is 2. The van der Waals surface area contributed by atoms with Gasteiger partial charge < -0.3 is 9.52 Å². The van der Waals surface area contributed by atoms with Gasteiger partial charge in [-0.1, -0.05) is 0 Å². The van der Waals surface area contributed by atoms with E-state index in [1.165, 1.54) is 0 Å². The van der Waals surface area contributed by atoms with Crippen LogP contribution in [0.2, 0.25) is 0 Å². The molecule has 0 fully saturated rings. The second-order valence-electron chi connectivity index (χ2n) is 1.59. The van der Waals surface area contributed by atoms with Crippen LogP contribution in [0.25, 0.3) is 0 Å². The Bertz CT molecular complexity index is 245. The lowest BCUT2D eigenvalue weighted by atomic mass is 10.5. The van der Waals surface area contributed by atoms with Crippen LogP contribution >= 0.6 is 12.6 Å². The van der Waals surface area contributed by atoms with Crippen LogP contribution in [0, 0.1) is 0 Å². The molecule has 0 atom stereocenters. The molecule has 0 amide bonds. The van der Waals surface area contributed by atoms with Crippen molar-refractivity contribution in [3.63, 3.8) is 0 Å². The van der Waals surface area contributed by atoms with Gasteiger partial charge in [-0.3, -0.25) is 0 Å². The van der Waals surface area contributed by atoms with Crippen molar-refractivity contribution in [1.82, 2.24) is 4.98 Å². The number of carboxylic acids is 1. The summed E-state index contributed by atoms with van der Waals surface area (Å²) < 4.78 is 4.71. The molecule has 0 aliphatic rings. The Morgan fingerprint density at radius 2 is 2.60 bits per heavy atom. The predicted molar refractivity (Wildman–Crippen MR) is 36.2 cm³/mol. The van der Waals surface area contributed by atoms with Gasteiger partial charge in [0, 0.05) is 0 Å². The lowest BCUT2D eigenvalue weighted by molar-refractivity contribution is 0.0690. The Hall–Kier alpha value is -0.970. The number of nitrogens with zero attached hydrogens (tertiary/aromatic N) is 1. The summed E-state index contributed by atoms with van der Waals surface area (Å²) in [5, 5.41) is 8.35. The molecule has 5 heteroatoms. The van der Waals surface area contributed by atoms with E-state index in [0.29, 0.717) is 11.6 Å². The van der Waals surface area contributed by atoms with Crippen LogP contribution in [0.1, 0.15) is 16.4 Å². The molecule has 0 aromatic carbocycles. The van der Waals surface area contributed by atoms with Crippen LogP contribution < -0.4 is 0 Å². The first-order chi connectivity index (χ1) is 4.74. The molecule has 0 aliphatic carbocycles. The molecule has 0 saturated carbocycles. The van der Waals surface area contributed by atoms with Gasteiger partial charge in [-0.05, 0) is 0 Å². The SMILES string of the molecule is O=C(O)c1coc(CS)n1. The van der Waals surface area contributed by atoms with Crippen LogP contribution in [0.5, 0.6) is 0 Å². The van der Waals surface area contributed by atoms with Crippen molar-refractivity contribution in [2.45, 2.75) is 5.75 Å². The molecule has 0 spiro atoms. The van der Waals surface area contributed by atoms with Crippen molar-refractivity contribution >= 4 is 18.6 Å². The van der Waals surface area contributed by atoms with E-state index in [0.717, 1.165) is 6.26 Å². The number of aromatic carboxylic acids is 1. The lowest BCUT2D eigenvalue weighted by Crippen LogP contribution is -1.95. The van der Waals surface area contributed by atoms with E-state index in [1.54, 1.807) is 0 Å². The van der Waals surface area contributed by atoms with Gasteiger partial charge >= 0.3 is 5.97 Å². The minimum Gasteiger partial charge on any atom is -0.476 e. The number of thiol groups is 1. The van der Waals surface area contributed by atoms with Crippen molar-refractivity contribution in [2.24, 2.45) is 0 Å². The third kappa shape index (κ3) is 1.30. The molecule has 10 heavy (non-hydrogen) atoms. The van der Waals surface area contributed by atoms with Crippen LogP contribution in [-0.2, 0) is 5.75 Å². The molecule has 4 nitrogen and oxygen atoms in total. The monoisotopic (exact) mass is 159 g/mol. The molecule has 0 aliphatic heterocycles. The lowest BCUT2D eigenvalue weighted by Gasteiger charge is -1.79. The smallest absolute Gasteiger partial charge is 0.357 e. The first kappa shape index (κ1) is 7.14. The first-order valence-electron chi connectivity index (χ1n) is 2.52. The summed E-state index contributed by atoms with van der Waals surface area (Å²) in [5.41, 5.74) is -0.0796. The van der Waals surface area contributed by atoms with E-state index in [1.807, 2.05) is 0 Å². The van der Waals surface area contributed by atoms with Crippen LogP contribution in [0.4, 0.5) is 0 Å². The van der Waals surface area contributed by atoms with Crippen molar-refractivity contribution in [1.29, 1.82) is 0 Å². The molecule has 0 saturated heterocycles. The highest BCUT2D eigenvalue weighted by Gasteiger charge is 2.07. The second kappa shape index (κ2) is 2.74. The van der Waals surface area contributed by atoms with E-state index < -0.39 is 5.97 Å². The second-order valence-corrected chi connectivity index (χ2v) is 1.91. The maximum absolute atomic E-state index is 10.2. The van der Waals surface area contributed by atoms with Gasteiger partial charge in [-0.2, -0.15) is 12.6 Å². The number of carboxylic acid groups (broad SMARTS) is 1. The average Bonchev–Trinajstić information content (AvgIpc) is 2.34. The zero-order valence-electron chi connectivity index (χ0n) is 4.94. The molecule has 1 N–H and O–H groups in total. The Morgan fingerprint density at radius 1 is 1.90 bits per heavy atom. The van der Waals surface area contributed by atoms with Gasteiger partial charge in [0.25, 0.3) is 0 Å². The molecule has 54 valence electrons. The summed E-state index contributed by atoms with van der Waals surface area (Å²) in [6.45, 7) is 0. The molecule has 1 heterocycles. The Balaban J connectivity index is 2.88. The fraction of sp³-hybridized carbons (Fsp3) is 0.200. The minimum atomic E-state index is -1.09. The zero-order chi connectivity index (χ0) is 7.56. The van der Waals surface area contributed by atoms with Crippen molar-refractivity contribution in [2.75, 3.05) is 0 Å². The molecule has 0 unspecified atom stereocenters. The molecule has 0 radical (unpaired) electrons. The van der Waals surface area contributed by atoms with E-state index in [2.05, 4.69) is 17.6 Å². The van der Waals surface area contributed by atoms with Gasteiger partial charge in [-0.25, -0.2) is 9.78 Å². The highest BCUT2D eigenvalue weighted by Crippen LogP contribution is 2.03. The first-order valence-corrected chi connectivity index (χ1v) is 3.16. The zero-order valence-corrected chi connectivity index (χ0v) is 5.84. The van der Waals surface area contributed by atoms with Crippen LogP contribution in [0.15, 0.2) is 10.7 Å². The van der Waals surface area contributed by atoms with Gasteiger partial charge in [0.2, 0.25) is 5.89 Å². The van der Waals surface area contributed by atoms with Gasteiger partial charge in [0.15, 0.2) is 5.69 Å². The van der Waals surface area contributed by atoms with Crippen LogP contribution in [-0.4, -0.2) is 16.1 Å². The highest BCUT2D eigenvalue weighted by molar-refractivity contribution is 7.79. The Labute approximate surface area is 62.3 Å². The molecular weight excluding hydrogens is 154 g/mol. The van der Waals surface area contributed by atoms with E-state index in [9.17, 15) is 4.79 Å². The topological polar surface area (TPSA) is 63.3 Å². The number of hydrogen-bond donors (Lipinski definition) is 2. The average molecular weight is 159 g/mol. The number of carbonyl (C=O) groups is 1. The van der Waals surface area contributed by atoms with Crippen molar-refractivity contribution in [3.8, 4) is 0 Å². The Morgan fingerprint density at radius 3 is 2.90 bits per heavy atom. The minimum absolute atomic E-state index is 0.0796. The van der Waals surface area contributed by atoms with E-state index in [4.69, 9.17) is 9.52 Å². The Kier molecular flexibility index (Phi) is 1.96. The summed E-state index contributed by atoms with van der Waals surface area (Å²) in [6, 6.07) is 0. The van der Waals surface area contributed by atoms with Gasteiger partial charge in [0.05, 0.1) is 5.75 Å². The molecular formula is C5H5NO3S. The van der Waals surface area contributed by atoms with Crippen LogP contribution in [0.3, 0.4) is 0 Å². The molecule has 1 aromatic heterocycles. The number of aromatic nitrogens is 1. The molecule has 1 aromatic rings. The summed E-state index contributed by atoms with van der Waals surface area (Å²) in [5.74, 6) is -0.453. The summed E-state index contributed by atoms with van der Waals surface area (Å²) in [6.07, 6.45) is 1.09. The fourth-order valence-electron chi connectivity index (χ4n) is 0.482. The van der Waals surface area contributed by atoms with E-state index in [-0.39, 0.29) is 5.69 Å². The quantitative estimate of drug-likeness (QED) is 0.626. The number of oxazole rings is 1. The predicted octanol–water partition coefficient (Wildman–Crippen LogP) is 0.803. The normalized spacial score (nSPS) is 9.70. The number of hydrogen-bond acceptors (Lipinski definition) is 4. The molecule has 0 bridgehead atoms. The third-order valence-corrected chi connectivity index (χ3v) is 1.18. The third-order valence-electron chi connectivity index (χ3n) is 0.906. The van der Waals surface area contributed by atoms with Crippen molar-refractivity contribution in [3.05, 3.63) is 17.8 Å².